The number of amides is 1. The lowest BCUT2D eigenvalue weighted by molar-refractivity contribution is 0.0946. The molecule has 22 heavy (non-hydrogen) atoms. The number of aromatic nitrogens is 2. The summed E-state index contributed by atoms with van der Waals surface area (Å²) in [7, 11) is 3.92. The average molecular weight is 299 g/mol. The molecule has 0 saturated carbocycles. The second-order valence-electron chi connectivity index (χ2n) is 5.26. The molecule has 0 aliphatic rings. The number of hydrogen-bond acceptors (Lipinski definition) is 5. The molecule has 1 amide bonds. The van der Waals surface area contributed by atoms with Gasteiger partial charge in [0.2, 0.25) is 5.95 Å². The molecule has 0 spiro atoms. The highest BCUT2D eigenvalue weighted by molar-refractivity contribution is 5.92. The van der Waals surface area contributed by atoms with Crippen LogP contribution in [0.3, 0.4) is 0 Å². The maximum absolute atomic E-state index is 12.1. The van der Waals surface area contributed by atoms with Crippen LogP contribution in [-0.2, 0) is 0 Å². The predicted octanol–water partition coefficient (Wildman–Crippen LogP) is 1.82. The van der Waals surface area contributed by atoms with Gasteiger partial charge in [-0.25, -0.2) is 9.97 Å². The van der Waals surface area contributed by atoms with Gasteiger partial charge in [0.15, 0.2) is 0 Å². The summed E-state index contributed by atoms with van der Waals surface area (Å²) in [5, 5.41) is 5.97. The largest absolute Gasteiger partial charge is 0.349 e. The number of nitrogens with zero attached hydrogens (tertiary/aromatic N) is 3. The maximum Gasteiger partial charge on any atom is 0.270 e. The summed E-state index contributed by atoms with van der Waals surface area (Å²) in [5.74, 6) is 0.214. The highest BCUT2D eigenvalue weighted by atomic mass is 16.1. The highest BCUT2D eigenvalue weighted by Crippen LogP contribution is 2.17. The number of hydrogen-bond donors (Lipinski definition) is 2. The Morgan fingerprint density at radius 2 is 2.00 bits per heavy atom. The van der Waals surface area contributed by atoms with Crippen molar-refractivity contribution in [3.63, 3.8) is 0 Å². The van der Waals surface area contributed by atoms with Crippen LogP contribution in [0.4, 0.5) is 11.6 Å². The molecule has 0 radical (unpaired) electrons. The Balaban J connectivity index is 2.03. The van der Waals surface area contributed by atoms with Crippen LogP contribution in [0, 0.1) is 6.92 Å². The van der Waals surface area contributed by atoms with Crippen molar-refractivity contribution < 1.29 is 4.79 Å². The molecule has 116 valence electrons. The number of aryl methyl sites for hydroxylation is 1. The SMILES string of the molecule is Cc1ccccc1Nc1nccc(C(=O)NCCN(C)C)n1. The van der Waals surface area contributed by atoms with Crippen molar-refractivity contribution >= 4 is 17.5 Å². The second-order valence-corrected chi connectivity index (χ2v) is 5.26. The number of benzene rings is 1. The van der Waals surface area contributed by atoms with Gasteiger partial charge >= 0.3 is 0 Å². The molecule has 1 aromatic carbocycles. The highest BCUT2D eigenvalue weighted by Gasteiger charge is 2.09. The van der Waals surface area contributed by atoms with Crippen molar-refractivity contribution in [2.24, 2.45) is 0 Å². The molecule has 0 unspecified atom stereocenters. The van der Waals surface area contributed by atoms with E-state index in [-0.39, 0.29) is 5.91 Å². The van der Waals surface area contributed by atoms with Gasteiger partial charge in [-0.1, -0.05) is 18.2 Å². The van der Waals surface area contributed by atoms with Gasteiger partial charge in [0.05, 0.1) is 0 Å². The Labute approximate surface area is 130 Å². The van der Waals surface area contributed by atoms with E-state index in [0.29, 0.717) is 18.2 Å². The molecule has 0 aliphatic carbocycles. The zero-order chi connectivity index (χ0) is 15.9. The number of nitrogens with one attached hydrogen (secondary N) is 2. The monoisotopic (exact) mass is 299 g/mol. The molecular weight excluding hydrogens is 278 g/mol. The number of para-hydroxylation sites is 1. The first-order valence-corrected chi connectivity index (χ1v) is 7.15. The third kappa shape index (κ3) is 4.53. The van der Waals surface area contributed by atoms with Crippen LogP contribution in [0.15, 0.2) is 36.5 Å². The van der Waals surface area contributed by atoms with Gasteiger partial charge in [-0.2, -0.15) is 0 Å². The first-order chi connectivity index (χ1) is 10.6. The first-order valence-electron chi connectivity index (χ1n) is 7.15. The van der Waals surface area contributed by atoms with Gasteiger partial charge in [0, 0.05) is 25.0 Å². The number of anilines is 2. The lowest BCUT2D eigenvalue weighted by Gasteiger charge is -2.11. The Morgan fingerprint density at radius 3 is 2.73 bits per heavy atom. The third-order valence-electron chi connectivity index (χ3n) is 3.12. The van der Waals surface area contributed by atoms with Crippen LogP contribution in [0.5, 0.6) is 0 Å². The van der Waals surface area contributed by atoms with Crippen molar-refractivity contribution in [1.29, 1.82) is 0 Å². The van der Waals surface area contributed by atoms with Gasteiger partial charge in [-0.3, -0.25) is 4.79 Å². The minimum Gasteiger partial charge on any atom is -0.349 e. The number of carbonyl (C=O) groups is 1. The molecule has 2 rings (SSSR count). The molecule has 0 saturated heterocycles. The van der Waals surface area contributed by atoms with Gasteiger partial charge in [-0.05, 0) is 38.7 Å². The quantitative estimate of drug-likeness (QED) is 0.851. The van der Waals surface area contributed by atoms with Crippen LogP contribution < -0.4 is 10.6 Å². The second kappa shape index (κ2) is 7.51. The Hall–Kier alpha value is -2.47. The number of carbonyl (C=O) groups excluding carboxylic acids is 1. The maximum atomic E-state index is 12.1. The molecule has 2 aromatic rings. The smallest absolute Gasteiger partial charge is 0.270 e. The zero-order valence-electron chi connectivity index (χ0n) is 13.1. The molecular formula is C16H21N5O. The standard InChI is InChI=1S/C16H21N5O/c1-12-6-4-5-7-13(12)19-16-18-9-8-14(20-16)15(22)17-10-11-21(2)3/h4-9H,10-11H2,1-3H3,(H,17,22)(H,18,19,20). The van der Waals surface area contributed by atoms with Crippen LogP contribution in [0.25, 0.3) is 0 Å². The molecule has 0 bridgehead atoms. The lowest BCUT2D eigenvalue weighted by Crippen LogP contribution is -2.31. The van der Waals surface area contributed by atoms with Gasteiger partial charge < -0.3 is 15.5 Å². The van der Waals surface area contributed by atoms with Crippen molar-refractivity contribution in [3.8, 4) is 0 Å². The minimum absolute atomic E-state index is 0.197. The van der Waals surface area contributed by atoms with Gasteiger partial charge in [0.25, 0.3) is 5.91 Å². The first kappa shape index (κ1) is 15.9. The van der Waals surface area contributed by atoms with Crippen LogP contribution in [-0.4, -0.2) is 48.0 Å². The summed E-state index contributed by atoms with van der Waals surface area (Å²) in [6, 6.07) is 9.46. The Bertz CT molecular complexity index is 642. The number of likely N-dealkylation sites (N-methyl/N-ethyl adjacent to an activating group) is 1. The molecule has 6 nitrogen and oxygen atoms in total. The van der Waals surface area contributed by atoms with Crippen LogP contribution >= 0.6 is 0 Å². The van der Waals surface area contributed by atoms with E-state index in [2.05, 4.69) is 20.6 Å². The molecule has 1 aromatic heterocycles. The fraction of sp³-hybridized carbons (Fsp3) is 0.312. The third-order valence-corrected chi connectivity index (χ3v) is 3.12. The predicted molar refractivity (Wildman–Crippen MR) is 87.4 cm³/mol. The van der Waals surface area contributed by atoms with E-state index in [1.54, 1.807) is 12.3 Å². The fourth-order valence-electron chi connectivity index (χ4n) is 1.86. The molecule has 0 aliphatic heterocycles. The van der Waals surface area contributed by atoms with Crippen LogP contribution in [0.1, 0.15) is 16.1 Å². The van der Waals surface area contributed by atoms with Crippen molar-refractivity contribution in [1.82, 2.24) is 20.2 Å². The average Bonchev–Trinajstić information content (AvgIpc) is 2.49. The van der Waals surface area contributed by atoms with E-state index in [0.717, 1.165) is 17.8 Å². The van der Waals surface area contributed by atoms with Crippen molar-refractivity contribution in [2.75, 3.05) is 32.5 Å². The normalized spacial score (nSPS) is 10.5. The van der Waals surface area contributed by atoms with Gasteiger partial charge in [0.1, 0.15) is 5.69 Å². The van der Waals surface area contributed by atoms with E-state index >= 15 is 0 Å². The van der Waals surface area contributed by atoms with Crippen LogP contribution in [0.2, 0.25) is 0 Å². The molecule has 0 fully saturated rings. The van der Waals surface area contributed by atoms with E-state index in [4.69, 9.17) is 0 Å². The molecule has 2 N–H and O–H groups in total. The lowest BCUT2D eigenvalue weighted by atomic mass is 10.2. The van der Waals surface area contributed by atoms with E-state index in [1.807, 2.05) is 50.2 Å². The van der Waals surface area contributed by atoms with Crippen molar-refractivity contribution in [3.05, 3.63) is 47.8 Å². The van der Waals surface area contributed by atoms with Gasteiger partial charge in [-0.15, -0.1) is 0 Å². The van der Waals surface area contributed by atoms with E-state index in [9.17, 15) is 4.79 Å². The summed E-state index contributed by atoms with van der Waals surface area (Å²) >= 11 is 0. The topological polar surface area (TPSA) is 70.2 Å². The summed E-state index contributed by atoms with van der Waals surface area (Å²) < 4.78 is 0. The number of rotatable bonds is 6. The van der Waals surface area contributed by atoms with Crippen molar-refractivity contribution in [2.45, 2.75) is 6.92 Å². The minimum atomic E-state index is -0.197. The summed E-state index contributed by atoms with van der Waals surface area (Å²) in [6.07, 6.45) is 1.58. The van der Waals surface area contributed by atoms with E-state index in [1.165, 1.54) is 0 Å². The molecule has 0 atom stereocenters. The zero-order valence-corrected chi connectivity index (χ0v) is 13.1. The molecule has 1 heterocycles. The Morgan fingerprint density at radius 1 is 1.23 bits per heavy atom. The summed E-state index contributed by atoms with van der Waals surface area (Å²) in [4.78, 5) is 22.5. The summed E-state index contributed by atoms with van der Waals surface area (Å²) in [6.45, 7) is 3.36. The summed E-state index contributed by atoms with van der Waals surface area (Å²) in [5.41, 5.74) is 2.37. The Kier molecular flexibility index (Phi) is 5.43. The fourth-order valence-corrected chi connectivity index (χ4v) is 1.86. The molecule has 6 heteroatoms. The van der Waals surface area contributed by atoms with E-state index < -0.39 is 0 Å².